The number of hydrogen-bond donors (Lipinski definition) is 2. The van der Waals surface area contributed by atoms with Gasteiger partial charge < -0.3 is 10.6 Å². The minimum absolute atomic E-state index is 0.0943. The average Bonchev–Trinajstić information content (AvgIpc) is 2.95. The molecule has 0 spiro atoms. The number of rotatable bonds is 7. The Balaban J connectivity index is 1.82. The molecule has 1 amide bonds. The van der Waals surface area contributed by atoms with Gasteiger partial charge in [-0.1, -0.05) is 47.7 Å². The topological polar surface area (TPSA) is 66.9 Å². The Labute approximate surface area is 142 Å². The number of carbonyl (C=O) groups excluding carboxylic acids is 1. The molecule has 0 fully saturated rings. The largest absolute Gasteiger partial charge is 0.360 e. The number of carbonyl (C=O) groups is 1. The predicted molar refractivity (Wildman–Crippen MR) is 94.2 cm³/mol. The fourth-order valence-electron chi connectivity index (χ4n) is 1.57. The van der Waals surface area contributed by atoms with Crippen molar-refractivity contribution in [3.8, 4) is 0 Å². The van der Waals surface area contributed by atoms with E-state index in [4.69, 9.17) is 11.6 Å². The summed E-state index contributed by atoms with van der Waals surface area (Å²) in [7, 11) is 0. The number of anilines is 2. The molecule has 8 heteroatoms. The van der Waals surface area contributed by atoms with Crippen LogP contribution in [0, 0.1) is 6.92 Å². The quantitative estimate of drug-likeness (QED) is 0.732. The Bertz CT molecular complexity index is 648. The molecular weight excluding hydrogens is 340 g/mol. The molecule has 1 heterocycles. The van der Waals surface area contributed by atoms with Gasteiger partial charge in [-0.3, -0.25) is 4.79 Å². The molecule has 0 unspecified atom stereocenters. The van der Waals surface area contributed by atoms with E-state index in [1.54, 1.807) is 6.07 Å². The van der Waals surface area contributed by atoms with Gasteiger partial charge in [-0.2, -0.15) is 0 Å². The third-order valence-electron chi connectivity index (χ3n) is 2.72. The van der Waals surface area contributed by atoms with E-state index in [0.29, 0.717) is 10.7 Å². The molecule has 2 N–H and O–H groups in total. The van der Waals surface area contributed by atoms with Gasteiger partial charge in [-0.25, -0.2) is 0 Å². The predicted octanol–water partition coefficient (Wildman–Crippen LogP) is 4.05. The maximum atomic E-state index is 11.9. The van der Waals surface area contributed by atoms with Crippen molar-refractivity contribution in [2.24, 2.45) is 0 Å². The van der Waals surface area contributed by atoms with Gasteiger partial charge in [0, 0.05) is 17.3 Å². The molecule has 5 nitrogen and oxygen atoms in total. The van der Waals surface area contributed by atoms with Crippen LogP contribution in [0.2, 0.25) is 5.02 Å². The monoisotopic (exact) mass is 356 g/mol. The lowest BCUT2D eigenvalue weighted by molar-refractivity contribution is -0.113. The van der Waals surface area contributed by atoms with Crippen molar-refractivity contribution in [2.45, 2.75) is 24.6 Å². The fourth-order valence-corrected chi connectivity index (χ4v) is 3.32. The highest BCUT2D eigenvalue weighted by molar-refractivity contribution is 8.01. The van der Waals surface area contributed by atoms with Crippen LogP contribution in [0.4, 0.5) is 10.8 Å². The van der Waals surface area contributed by atoms with Crippen LogP contribution in [0.3, 0.4) is 0 Å². The molecule has 1 aromatic heterocycles. The lowest BCUT2D eigenvalue weighted by Gasteiger charge is -2.05. The number of nitrogens with one attached hydrogen (secondary N) is 2. The summed E-state index contributed by atoms with van der Waals surface area (Å²) < 4.78 is 0.774. The molecule has 118 valence electrons. The molecule has 22 heavy (non-hydrogen) atoms. The van der Waals surface area contributed by atoms with Crippen LogP contribution in [0.15, 0.2) is 22.5 Å². The van der Waals surface area contributed by atoms with Crippen LogP contribution >= 0.6 is 34.7 Å². The normalized spacial score (nSPS) is 10.5. The molecule has 0 saturated heterocycles. The third-order valence-corrected chi connectivity index (χ3v) is 5.14. The Morgan fingerprint density at radius 1 is 1.41 bits per heavy atom. The summed E-state index contributed by atoms with van der Waals surface area (Å²) in [6.45, 7) is 4.88. The summed E-state index contributed by atoms with van der Waals surface area (Å²) in [6, 6.07) is 5.46. The number of aryl methyl sites for hydroxylation is 1. The summed E-state index contributed by atoms with van der Waals surface area (Å²) in [4.78, 5) is 11.9. The third kappa shape index (κ3) is 5.15. The molecule has 0 aliphatic rings. The Hall–Kier alpha value is -1.31. The molecule has 0 bridgehead atoms. The highest BCUT2D eigenvalue weighted by atomic mass is 35.5. The summed E-state index contributed by atoms with van der Waals surface area (Å²) >= 11 is 8.86. The molecular formula is C14H17ClN4OS2. The van der Waals surface area contributed by atoms with Crippen molar-refractivity contribution in [3.63, 3.8) is 0 Å². The van der Waals surface area contributed by atoms with E-state index in [1.165, 1.54) is 23.1 Å². The van der Waals surface area contributed by atoms with Gasteiger partial charge in [0.1, 0.15) is 0 Å². The summed E-state index contributed by atoms with van der Waals surface area (Å²) in [5.41, 5.74) is 1.68. The zero-order valence-corrected chi connectivity index (χ0v) is 14.7. The van der Waals surface area contributed by atoms with Crippen LogP contribution in [0.25, 0.3) is 0 Å². The lowest BCUT2D eigenvalue weighted by Crippen LogP contribution is -2.13. The first-order valence-corrected chi connectivity index (χ1v) is 9.02. The molecule has 0 saturated carbocycles. The van der Waals surface area contributed by atoms with Gasteiger partial charge in [0.15, 0.2) is 4.34 Å². The van der Waals surface area contributed by atoms with E-state index >= 15 is 0 Å². The van der Waals surface area contributed by atoms with Crippen LogP contribution in [-0.2, 0) is 4.79 Å². The molecule has 2 rings (SSSR count). The summed E-state index contributed by atoms with van der Waals surface area (Å²) in [5.74, 6) is 0.191. The van der Waals surface area contributed by atoms with Gasteiger partial charge in [-0.15, -0.1) is 10.2 Å². The molecule has 0 atom stereocenters. The van der Waals surface area contributed by atoms with Crippen molar-refractivity contribution in [2.75, 3.05) is 22.9 Å². The Kier molecular flexibility index (Phi) is 6.48. The van der Waals surface area contributed by atoms with Crippen LogP contribution in [-0.4, -0.2) is 28.4 Å². The van der Waals surface area contributed by atoms with E-state index in [0.717, 1.165) is 28.0 Å². The number of benzene rings is 1. The SMILES string of the molecule is CCCNc1nnc(SCC(=O)Nc2ccc(C)c(Cl)c2)s1. The molecule has 0 aliphatic heterocycles. The zero-order chi connectivity index (χ0) is 15.9. The maximum Gasteiger partial charge on any atom is 0.234 e. The van der Waals surface area contributed by atoms with Crippen molar-refractivity contribution in [1.29, 1.82) is 0 Å². The van der Waals surface area contributed by atoms with Crippen LogP contribution in [0.5, 0.6) is 0 Å². The molecule has 2 aromatic rings. The van der Waals surface area contributed by atoms with Crippen LogP contribution in [0.1, 0.15) is 18.9 Å². The van der Waals surface area contributed by atoms with E-state index < -0.39 is 0 Å². The Morgan fingerprint density at radius 3 is 2.95 bits per heavy atom. The van der Waals surface area contributed by atoms with Gasteiger partial charge >= 0.3 is 0 Å². The first-order valence-electron chi connectivity index (χ1n) is 6.84. The van der Waals surface area contributed by atoms with Crippen molar-refractivity contribution in [3.05, 3.63) is 28.8 Å². The number of hydrogen-bond acceptors (Lipinski definition) is 6. The van der Waals surface area contributed by atoms with E-state index in [1.807, 2.05) is 19.1 Å². The first-order chi connectivity index (χ1) is 10.6. The van der Waals surface area contributed by atoms with Gasteiger partial charge in [-0.05, 0) is 31.0 Å². The smallest absolute Gasteiger partial charge is 0.234 e. The second kappa shape index (κ2) is 8.36. The van der Waals surface area contributed by atoms with Crippen molar-refractivity contribution >= 4 is 51.4 Å². The minimum atomic E-state index is -0.0943. The highest BCUT2D eigenvalue weighted by Crippen LogP contribution is 2.26. The van der Waals surface area contributed by atoms with E-state index in [2.05, 4.69) is 27.8 Å². The van der Waals surface area contributed by atoms with E-state index in [9.17, 15) is 4.79 Å². The number of aromatic nitrogens is 2. The highest BCUT2D eigenvalue weighted by Gasteiger charge is 2.09. The fraction of sp³-hybridized carbons (Fsp3) is 0.357. The lowest BCUT2D eigenvalue weighted by atomic mass is 10.2. The summed E-state index contributed by atoms with van der Waals surface area (Å²) in [6.07, 6.45) is 1.03. The molecule has 0 radical (unpaired) electrons. The second-order valence-electron chi connectivity index (χ2n) is 4.60. The average molecular weight is 357 g/mol. The van der Waals surface area contributed by atoms with Crippen LogP contribution < -0.4 is 10.6 Å². The van der Waals surface area contributed by atoms with Gasteiger partial charge in [0.2, 0.25) is 11.0 Å². The maximum absolute atomic E-state index is 11.9. The number of nitrogens with zero attached hydrogens (tertiary/aromatic N) is 2. The second-order valence-corrected chi connectivity index (χ2v) is 7.21. The van der Waals surface area contributed by atoms with Gasteiger partial charge in [0.25, 0.3) is 0 Å². The van der Waals surface area contributed by atoms with Crippen molar-refractivity contribution < 1.29 is 4.79 Å². The van der Waals surface area contributed by atoms with E-state index in [-0.39, 0.29) is 11.7 Å². The molecule has 1 aromatic carbocycles. The summed E-state index contributed by atoms with van der Waals surface area (Å²) in [5, 5.41) is 15.5. The van der Waals surface area contributed by atoms with Gasteiger partial charge in [0.05, 0.1) is 5.75 Å². The number of thioether (sulfide) groups is 1. The zero-order valence-electron chi connectivity index (χ0n) is 12.4. The standard InChI is InChI=1S/C14H17ClN4OS2/c1-3-6-16-13-18-19-14(22-13)21-8-12(20)17-10-5-4-9(2)11(15)7-10/h4-5,7H,3,6,8H2,1-2H3,(H,16,18)(H,17,20). The molecule has 0 aliphatic carbocycles. The van der Waals surface area contributed by atoms with Crippen molar-refractivity contribution in [1.82, 2.24) is 10.2 Å². The number of halogens is 1. The first kappa shape index (κ1) is 17.1. The number of amides is 1. The minimum Gasteiger partial charge on any atom is -0.360 e. The Morgan fingerprint density at radius 2 is 2.23 bits per heavy atom.